The zero-order valence-electron chi connectivity index (χ0n) is 13.1. The lowest BCUT2D eigenvalue weighted by molar-refractivity contribution is 0.161. The summed E-state index contributed by atoms with van der Waals surface area (Å²) in [5.74, 6) is 7.83. The van der Waals surface area contributed by atoms with Gasteiger partial charge in [-0.25, -0.2) is 15.8 Å². The molecule has 6 nitrogen and oxygen atoms in total. The first-order chi connectivity index (χ1) is 9.22. The summed E-state index contributed by atoms with van der Waals surface area (Å²) < 4.78 is 0. The SMILES string of the molecule is CC(C)CC(O)CNc1cc(NN)nc(C(C)(C)C)n1. The molecule has 0 saturated heterocycles. The molecule has 0 aromatic carbocycles. The number of anilines is 2. The number of nitrogen functional groups attached to an aromatic ring is 1. The van der Waals surface area contributed by atoms with E-state index in [1.807, 2.05) is 20.8 Å². The largest absolute Gasteiger partial charge is 0.391 e. The number of rotatable bonds is 6. The van der Waals surface area contributed by atoms with Crippen LogP contribution in [0, 0.1) is 5.92 Å². The summed E-state index contributed by atoms with van der Waals surface area (Å²) in [5.41, 5.74) is 2.38. The molecule has 1 aromatic heterocycles. The van der Waals surface area contributed by atoms with Crippen LogP contribution < -0.4 is 16.6 Å². The van der Waals surface area contributed by atoms with Gasteiger partial charge in [-0.2, -0.15) is 0 Å². The van der Waals surface area contributed by atoms with E-state index in [-0.39, 0.29) is 5.41 Å². The van der Waals surface area contributed by atoms with Crippen molar-refractivity contribution in [2.45, 2.75) is 52.6 Å². The quantitative estimate of drug-likeness (QED) is 0.469. The van der Waals surface area contributed by atoms with Crippen LogP contribution in [0.3, 0.4) is 0 Å². The maximum absolute atomic E-state index is 9.89. The first-order valence-electron chi connectivity index (χ1n) is 7.00. The molecule has 5 N–H and O–H groups in total. The van der Waals surface area contributed by atoms with Crippen molar-refractivity contribution in [2.75, 3.05) is 17.3 Å². The highest BCUT2D eigenvalue weighted by molar-refractivity contribution is 5.47. The number of aliphatic hydroxyl groups excluding tert-OH is 1. The molecule has 0 saturated carbocycles. The average molecular weight is 281 g/mol. The number of nitrogens with one attached hydrogen (secondary N) is 2. The Hall–Kier alpha value is -1.40. The summed E-state index contributed by atoms with van der Waals surface area (Å²) in [6, 6.07) is 1.73. The summed E-state index contributed by atoms with van der Waals surface area (Å²) in [6.45, 7) is 10.8. The Morgan fingerprint density at radius 1 is 1.25 bits per heavy atom. The van der Waals surface area contributed by atoms with Gasteiger partial charge >= 0.3 is 0 Å². The molecule has 0 radical (unpaired) electrons. The molecule has 20 heavy (non-hydrogen) atoms. The molecule has 6 heteroatoms. The molecule has 114 valence electrons. The Morgan fingerprint density at radius 2 is 1.85 bits per heavy atom. The summed E-state index contributed by atoms with van der Waals surface area (Å²) in [4.78, 5) is 8.82. The number of nitrogens with two attached hydrogens (primary N) is 1. The minimum Gasteiger partial charge on any atom is -0.391 e. The molecule has 0 aliphatic heterocycles. The van der Waals surface area contributed by atoms with Crippen LogP contribution >= 0.6 is 0 Å². The van der Waals surface area contributed by atoms with E-state index in [1.54, 1.807) is 6.07 Å². The van der Waals surface area contributed by atoms with Gasteiger partial charge in [-0.3, -0.25) is 0 Å². The molecule has 1 rings (SSSR count). The van der Waals surface area contributed by atoms with Gasteiger partial charge in [0.2, 0.25) is 0 Å². The van der Waals surface area contributed by atoms with Gasteiger partial charge in [0.1, 0.15) is 17.5 Å². The van der Waals surface area contributed by atoms with Gasteiger partial charge in [-0.05, 0) is 12.3 Å². The highest BCUT2D eigenvalue weighted by Gasteiger charge is 2.19. The second-order valence-corrected chi connectivity index (χ2v) is 6.52. The van der Waals surface area contributed by atoms with E-state index in [0.29, 0.717) is 29.9 Å². The van der Waals surface area contributed by atoms with E-state index in [2.05, 4.69) is 34.6 Å². The number of aromatic nitrogens is 2. The number of aliphatic hydroxyl groups is 1. The third kappa shape index (κ3) is 5.30. The Bertz CT molecular complexity index is 428. The fourth-order valence-electron chi connectivity index (χ4n) is 1.80. The molecule has 0 fully saturated rings. The maximum atomic E-state index is 9.89. The molecule has 0 aliphatic carbocycles. The summed E-state index contributed by atoms with van der Waals surface area (Å²) in [6.07, 6.45) is 0.365. The van der Waals surface area contributed by atoms with Crippen molar-refractivity contribution in [3.63, 3.8) is 0 Å². The molecule has 1 aromatic rings. The fourth-order valence-corrected chi connectivity index (χ4v) is 1.80. The Labute approximate surface area is 121 Å². The van der Waals surface area contributed by atoms with Crippen LogP contribution in [0.2, 0.25) is 0 Å². The summed E-state index contributed by atoms with van der Waals surface area (Å²) in [5, 5.41) is 13.0. The second-order valence-electron chi connectivity index (χ2n) is 6.52. The first kappa shape index (κ1) is 16.7. The maximum Gasteiger partial charge on any atom is 0.145 e. The lowest BCUT2D eigenvalue weighted by Gasteiger charge is -2.19. The topological polar surface area (TPSA) is 96.1 Å². The monoisotopic (exact) mass is 281 g/mol. The van der Waals surface area contributed by atoms with Crippen molar-refractivity contribution in [3.05, 3.63) is 11.9 Å². The molecule has 0 bridgehead atoms. The Balaban J connectivity index is 2.79. The number of nitrogens with zero attached hydrogens (tertiary/aromatic N) is 2. The van der Waals surface area contributed by atoms with Gasteiger partial charge in [-0.1, -0.05) is 34.6 Å². The van der Waals surface area contributed by atoms with Crippen molar-refractivity contribution < 1.29 is 5.11 Å². The van der Waals surface area contributed by atoms with Crippen LogP contribution in [0.5, 0.6) is 0 Å². The minimum absolute atomic E-state index is 0.167. The van der Waals surface area contributed by atoms with Crippen LogP contribution in [0.25, 0.3) is 0 Å². The van der Waals surface area contributed by atoms with Crippen LogP contribution in [-0.4, -0.2) is 27.7 Å². The predicted octanol–water partition coefficient (Wildman–Crippen LogP) is 1.88. The molecule has 1 unspecified atom stereocenters. The van der Waals surface area contributed by atoms with Gasteiger partial charge in [0.15, 0.2) is 0 Å². The predicted molar refractivity (Wildman–Crippen MR) is 82.5 cm³/mol. The lowest BCUT2D eigenvalue weighted by atomic mass is 9.96. The molecule has 1 atom stereocenters. The van der Waals surface area contributed by atoms with Crippen LogP contribution in [0.1, 0.15) is 46.9 Å². The van der Waals surface area contributed by atoms with Gasteiger partial charge < -0.3 is 15.8 Å². The smallest absolute Gasteiger partial charge is 0.145 e. The second kappa shape index (κ2) is 6.85. The Morgan fingerprint density at radius 3 is 2.35 bits per heavy atom. The van der Waals surface area contributed by atoms with Crippen LogP contribution in [0.4, 0.5) is 11.6 Å². The number of hydrogen-bond donors (Lipinski definition) is 4. The van der Waals surface area contributed by atoms with Crippen molar-refractivity contribution in [2.24, 2.45) is 11.8 Å². The first-order valence-corrected chi connectivity index (χ1v) is 7.00. The molecule has 0 spiro atoms. The fraction of sp³-hybridized carbons (Fsp3) is 0.714. The van der Waals surface area contributed by atoms with Crippen LogP contribution in [0.15, 0.2) is 6.07 Å². The third-order valence-electron chi connectivity index (χ3n) is 2.81. The van der Waals surface area contributed by atoms with Gasteiger partial charge in [-0.15, -0.1) is 0 Å². The average Bonchev–Trinajstić information content (AvgIpc) is 2.34. The number of hydrogen-bond acceptors (Lipinski definition) is 6. The minimum atomic E-state index is -0.391. The molecule has 1 heterocycles. The third-order valence-corrected chi connectivity index (χ3v) is 2.81. The standard InChI is InChI=1S/C14H27N5O/c1-9(2)6-10(20)8-16-11-7-12(19-15)18-13(17-11)14(3,4)5/h7,9-10,20H,6,8,15H2,1-5H3,(H2,16,17,18,19). The van der Waals surface area contributed by atoms with Gasteiger partial charge in [0.05, 0.1) is 6.10 Å². The van der Waals surface area contributed by atoms with Gasteiger partial charge in [0, 0.05) is 18.0 Å². The van der Waals surface area contributed by atoms with Gasteiger partial charge in [0.25, 0.3) is 0 Å². The lowest BCUT2D eigenvalue weighted by Crippen LogP contribution is -2.24. The van der Waals surface area contributed by atoms with E-state index in [4.69, 9.17) is 5.84 Å². The van der Waals surface area contributed by atoms with E-state index in [9.17, 15) is 5.11 Å². The van der Waals surface area contributed by atoms with Crippen molar-refractivity contribution in [1.82, 2.24) is 9.97 Å². The zero-order chi connectivity index (χ0) is 15.3. The van der Waals surface area contributed by atoms with Crippen molar-refractivity contribution in [3.8, 4) is 0 Å². The van der Waals surface area contributed by atoms with Crippen LogP contribution in [-0.2, 0) is 5.41 Å². The summed E-state index contributed by atoms with van der Waals surface area (Å²) in [7, 11) is 0. The normalized spacial score (nSPS) is 13.4. The summed E-state index contributed by atoms with van der Waals surface area (Å²) >= 11 is 0. The Kier molecular flexibility index (Phi) is 5.71. The van der Waals surface area contributed by atoms with E-state index < -0.39 is 6.10 Å². The van der Waals surface area contributed by atoms with E-state index >= 15 is 0 Å². The molecule has 0 amide bonds. The molecular formula is C14H27N5O. The highest BCUT2D eigenvalue weighted by Crippen LogP contribution is 2.22. The highest BCUT2D eigenvalue weighted by atomic mass is 16.3. The van der Waals surface area contributed by atoms with E-state index in [1.165, 1.54) is 0 Å². The van der Waals surface area contributed by atoms with E-state index in [0.717, 1.165) is 6.42 Å². The zero-order valence-corrected chi connectivity index (χ0v) is 13.1. The molecular weight excluding hydrogens is 254 g/mol. The van der Waals surface area contributed by atoms with Crippen molar-refractivity contribution >= 4 is 11.6 Å². The van der Waals surface area contributed by atoms with Crippen molar-refractivity contribution in [1.29, 1.82) is 0 Å². The number of hydrazine groups is 1. The molecule has 0 aliphatic rings.